The topological polar surface area (TPSA) is 92.7 Å². The maximum Gasteiger partial charge on any atom is 0.471 e. The molecule has 0 spiro atoms. The molecule has 0 unspecified atom stereocenters. The molecule has 18 heavy (non-hydrogen) atoms. The Kier molecular flexibility index (Phi) is 6.31. The number of Topliss-reactive ketones (excluding diaryl/α,β-unsaturated/α-hetero) is 1. The van der Waals surface area contributed by atoms with Gasteiger partial charge in [-0.25, -0.2) is 4.79 Å². The van der Waals surface area contributed by atoms with Crippen LogP contribution in [0.5, 0.6) is 0 Å². The Morgan fingerprint density at radius 2 is 1.89 bits per heavy atom. The van der Waals surface area contributed by atoms with Crippen molar-refractivity contribution < 1.29 is 37.4 Å². The van der Waals surface area contributed by atoms with Gasteiger partial charge in [-0.15, -0.1) is 0 Å². The molecule has 0 aromatic heterocycles. The molecule has 0 aliphatic rings. The van der Waals surface area contributed by atoms with Gasteiger partial charge in [0.1, 0.15) is 12.6 Å². The van der Waals surface area contributed by atoms with Gasteiger partial charge in [-0.1, -0.05) is 0 Å². The molecule has 0 saturated carbocycles. The van der Waals surface area contributed by atoms with Crippen molar-refractivity contribution in [1.29, 1.82) is 0 Å². The summed E-state index contributed by atoms with van der Waals surface area (Å²) in [6.45, 7) is 0.344. The van der Waals surface area contributed by atoms with E-state index in [0.717, 1.165) is 0 Å². The number of hydrogen-bond donors (Lipinski definition) is 2. The van der Waals surface area contributed by atoms with Crippen LogP contribution in [0.15, 0.2) is 0 Å². The van der Waals surface area contributed by atoms with Crippen molar-refractivity contribution in [3.63, 3.8) is 0 Å². The number of nitrogens with one attached hydrogen (secondary N) is 1. The molecule has 6 nitrogen and oxygen atoms in total. The van der Waals surface area contributed by atoms with E-state index in [1.165, 1.54) is 12.2 Å². The van der Waals surface area contributed by atoms with Crippen LogP contribution in [0.2, 0.25) is 0 Å². The van der Waals surface area contributed by atoms with Gasteiger partial charge in [0, 0.05) is 6.42 Å². The molecule has 1 amide bonds. The molecule has 104 valence electrons. The molecule has 2 N–H and O–H groups in total. The number of ketones is 1. The molecule has 0 aromatic carbocycles. The summed E-state index contributed by atoms with van der Waals surface area (Å²) < 4.78 is 40.3. The second-order valence-electron chi connectivity index (χ2n) is 3.18. The van der Waals surface area contributed by atoms with Crippen molar-refractivity contribution in [2.24, 2.45) is 0 Å². The van der Waals surface area contributed by atoms with E-state index in [9.17, 15) is 27.6 Å². The molecule has 0 aromatic rings. The summed E-state index contributed by atoms with van der Waals surface area (Å²) in [7, 11) is 0. The monoisotopic (exact) mass is 271 g/mol. The van der Waals surface area contributed by atoms with Crippen LogP contribution in [0.25, 0.3) is 0 Å². The fourth-order valence-electron chi connectivity index (χ4n) is 0.968. The van der Waals surface area contributed by atoms with Gasteiger partial charge in [0.2, 0.25) is 0 Å². The van der Waals surface area contributed by atoms with Crippen molar-refractivity contribution in [1.82, 2.24) is 5.32 Å². The number of amides is 1. The van der Waals surface area contributed by atoms with E-state index in [0.29, 0.717) is 0 Å². The number of alkyl halides is 3. The van der Waals surface area contributed by atoms with E-state index in [1.54, 1.807) is 0 Å². The molecule has 0 radical (unpaired) electrons. The summed E-state index contributed by atoms with van der Waals surface area (Å²) in [6, 6.07) is -1.77. The van der Waals surface area contributed by atoms with Crippen molar-refractivity contribution >= 4 is 17.7 Å². The van der Waals surface area contributed by atoms with E-state index < -0.39 is 42.9 Å². The molecule has 0 fully saturated rings. The van der Waals surface area contributed by atoms with Crippen LogP contribution in [0, 0.1) is 0 Å². The predicted molar refractivity (Wildman–Crippen MR) is 51.3 cm³/mol. The third-order valence-electron chi connectivity index (χ3n) is 1.74. The van der Waals surface area contributed by atoms with Crippen LogP contribution in [0.3, 0.4) is 0 Å². The normalized spacial score (nSPS) is 12.7. The average Bonchev–Trinajstić information content (AvgIpc) is 2.26. The Labute approximate surface area is 100 Å². The first kappa shape index (κ1) is 16.4. The number of esters is 1. The molecule has 0 bridgehead atoms. The number of carbonyl (C=O) groups excluding carboxylic acids is 3. The first-order valence-electron chi connectivity index (χ1n) is 4.89. The standard InChI is InChI=1S/C9H12F3NO5/c1-2-18-7(16)6(3-5(15)4-14)13-8(17)9(10,11)12/h6,14H,2-4H2,1H3,(H,13,17)/t6-/m1/s1. The Bertz CT molecular complexity index is 329. The maximum atomic E-state index is 12.0. The van der Waals surface area contributed by atoms with Crippen molar-refractivity contribution in [2.45, 2.75) is 25.6 Å². The number of ether oxygens (including phenoxy) is 1. The first-order valence-corrected chi connectivity index (χ1v) is 4.89. The lowest BCUT2D eigenvalue weighted by Gasteiger charge is -2.17. The summed E-state index contributed by atoms with van der Waals surface area (Å²) in [5, 5.41) is 9.79. The lowest BCUT2D eigenvalue weighted by molar-refractivity contribution is -0.176. The highest BCUT2D eigenvalue weighted by Crippen LogP contribution is 2.15. The highest BCUT2D eigenvalue weighted by Gasteiger charge is 2.41. The highest BCUT2D eigenvalue weighted by molar-refractivity contribution is 5.91. The van der Waals surface area contributed by atoms with Gasteiger partial charge in [-0.2, -0.15) is 13.2 Å². The largest absolute Gasteiger partial charge is 0.471 e. The van der Waals surface area contributed by atoms with Gasteiger partial charge in [-0.3, -0.25) is 9.59 Å². The van der Waals surface area contributed by atoms with E-state index in [-0.39, 0.29) is 6.61 Å². The Morgan fingerprint density at radius 1 is 1.33 bits per heavy atom. The fourth-order valence-corrected chi connectivity index (χ4v) is 0.968. The third kappa shape index (κ3) is 5.62. The van der Waals surface area contributed by atoms with E-state index in [1.807, 2.05) is 0 Å². The van der Waals surface area contributed by atoms with Gasteiger partial charge in [0.05, 0.1) is 6.61 Å². The lowest BCUT2D eigenvalue weighted by atomic mass is 10.1. The van der Waals surface area contributed by atoms with Gasteiger partial charge in [0.25, 0.3) is 0 Å². The summed E-state index contributed by atoms with van der Waals surface area (Å²) in [5.74, 6) is -4.42. The van der Waals surface area contributed by atoms with Crippen LogP contribution >= 0.6 is 0 Å². The Hall–Kier alpha value is -1.64. The van der Waals surface area contributed by atoms with Crippen LogP contribution < -0.4 is 5.32 Å². The number of hydrogen-bond acceptors (Lipinski definition) is 5. The van der Waals surface area contributed by atoms with Crippen molar-refractivity contribution in [2.75, 3.05) is 13.2 Å². The van der Waals surface area contributed by atoms with Gasteiger partial charge >= 0.3 is 18.1 Å². The van der Waals surface area contributed by atoms with Gasteiger partial charge in [-0.05, 0) is 6.92 Å². The molecule has 0 aliphatic carbocycles. The fraction of sp³-hybridized carbons (Fsp3) is 0.667. The quantitative estimate of drug-likeness (QED) is 0.638. The minimum Gasteiger partial charge on any atom is -0.464 e. The average molecular weight is 271 g/mol. The zero-order valence-electron chi connectivity index (χ0n) is 9.41. The van der Waals surface area contributed by atoms with Crippen molar-refractivity contribution in [3.05, 3.63) is 0 Å². The van der Waals surface area contributed by atoms with Crippen LogP contribution in [-0.2, 0) is 19.1 Å². The summed E-state index contributed by atoms with van der Waals surface area (Å²) in [6.07, 6.45) is -5.94. The zero-order valence-corrected chi connectivity index (χ0v) is 9.41. The van der Waals surface area contributed by atoms with Gasteiger partial charge in [0.15, 0.2) is 5.78 Å². The molecule has 0 saturated heterocycles. The summed E-state index contributed by atoms with van der Waals surface area (Å²) >= 11 is 0. The van der Waals surface area contributed by atoms with E-state index in [2.05, 4.69) is 4.74 Å². The Morgan fingerprint density at radius 3 is 2.28 bits per heavy atom. The molecule has 9 heteroatoms. The maximum absolute atomic E-state index is 12.0. The Balaban J connectivity index is 4.72. The molecule has 0 heterocycles. The molecular weight excluding hydrogens is 259 g/mol. The molecule has 0 rings (SSSR count). The van der Waals surface area contributed by atoms with E-state index >= 15 is 0 Å². The van der Waals surface area contributed by atoms with Crippen molar-refractivity contribution in [3.8, 4) is 0 Å². The minimum absolute atomic E-state index is 0.120. The second kappa shape index (κ2) is 6.94. The zero-order chi connectivity index (χ0) is 14.3. The molecule has 0 aliphatic heterocycles. The van der Waals surface area contributed by atoms with Crippen LogP contribution in [0.1, 0.15) is 13.3 Å². The lowest BCUT2D eigenvalue weighted by Crippen LogP contribution is -2.48. The van der Waals surface area contributed by atoms with E-state index in [4.69, 9.17) is 5.11 Å². The number of carbonyl (C=O) groups is 3. The first-order chi connectivity index (χ1) is 8.22. The predicted octanol–water partition coefficient (Wildman–Crippen LogP) is -0.452. The number of halogens is 3. The minimum atomic E-state index is -5.17. The second-order valence-corrected chi connectivity index (χ2v) is 3.18. The highest BCUT2D eigenvalue weighted by atomic mass is 19.4. The molecular formula is C9H12F3NO5. The smallest absolute Gasteiger partial charge is 0.464 e. The molecule has 1 atom stereocenters. The van der Waals surface area contributed by atoms with Crippen LogP contribution in [0.4, 0.5) is 13.2 Å². The van der Waals surface area contributed by atoms with Gasteiger partial charge < -0.3 is 15.2 Å². The number of aliphatic hydroxyl groups is 1. The summed E-state index contributed by atoms with van der Waals surface area (Å²) in [5.41, 5.74) is 0. The van der Waals surface area contributed by atoms with Crippen LogP contribution in [-0.4, -0.2) is 48.2 Å². The number of rotatable bonds is 6. The third-order valence-corrected chi connectivity index (χ3v) is 1.74. The number of aliphatic hydroxyl groups excluding tert-OH is 1. The SMILES string of the molecule is CCOC(=O)[C@@H](CC(=O)CO)NC(=O)C(F)(F)F. The summed E-state index contributed by atoms with van der Waals surface area (Å²) in [4.78, 5) is 32.7.